The number of anilines is 1. The molecule has 0 bridgehead atoms. The van der Waals surface area contributed by atoms with E-state index in [1.165, 1.54) is 4.90 Å². The molecule has 1 aliphatic heterocycles. The number of carbonyl (C=O) groups is 3. The number of hydrazine groups is 1. The number of nitrogens with zero attached hydrogens (tertiary/aromatic N) is 1. The lowest BCUT2D eigenvalue weighted by Gasteiger charge is -2.38. The van der Waals surface area contributed by atoms with Crippen molar-refractivity contribution in [2.24, 2.45) is 5.92 Å². The lowest BCUT2D eigenvalue weighted by molar-refractivity contribution is -0.142. The Bertz CT molecular complexity index is 711. The first-order valence-corrected chi connectivity index (χ1v) is 9.03. The van der Waals surface area contributed by atoms with Crippen LogP contribution in [0.15, 0.2) is 42.1 Å². The van der Waals surface area contributed by atoms with Crippen LogP contribution in [0.5, 0.6) is 0 Å². The summed E-state index contributed by atoms with van der Waals surface area (Å²) in [6, 6.07) is 8.64. The van der Waals surface area contributed by atoms with Gasteiger partial charge in [0.25, 0.3) is 0 Å². The molecule has 26 heavy (non-hydrogen) atoms. The maximum Gasteiger partial charge on any atom is 0.331 e. The van der Waals surface area contributed by atoms with E-state index in [1.54, 1.807) is 13.0 Å². The second-order valence-electron chi connectivity index (χ2n) is 6.59. The highest BCUT2D eigenvalue weighted by molar-refractivity contribution is 6.17. The van der Waals surface area contributed by atoms with Crippen molar-refractivity contribution in [3.63, 3.8) is 0 Å². The van der Waals surface area contributed by atoms with E-state index in [0.717, 1.165) is 37.8 Å². The SMILES string of the molecule is C/C=C(\NNc1ccccc1)[C@H]1C(=O)NC(=O)N(C2CCCCC2)C1=O. The van der Waals surface area contributed by atoms with Crippen LogP contribution in [0.25, 0.3) is 0 Å². The fraction of sp³-hybridized carbons (Fsp3) is 0.421. The number of carbonyl (C=O) groups excluding carboxylic acids is 3. The molecule has 3 N–H and O–H groups in total. The van der Waals surface area contributed by atoms with Crippen LogP contribution in [0.3, 0.4) is 0 Å². The molecule has 1 aliphatic carbocycles. The summed E-state index contributed by atoms with van der Waals surface area (Å²) in [5, 5.41) is 2.34. The first-order valence-electron chi connectivity index (χ1n) is 9.03. The number of barbiturate groups is 1. The highest BCUT2D eigenvalue weighted by Gasteiger charge is 2.45. The zero-order valence-corrected chi connectivity index (χ0v) is 14.8. The number of benzene rings is 1. The second kappa shape index (κ2) is 8.03. The van der Waals surface area contributed by atoms with Crippen LogP contribution < -0.4 is 16.2 Å². The van der Waals surface area contributed by atoms with Crippen molar-refractivity contribution in [1.29, 1.82) is 0 Å². The Morgan fingerprint density at radius 1 is 1.12 bits per heavy atom. The normalized spacial score (nSPS) is 22.2. The number of imide groups is 2. The van der Waals surface area contributed by atoms with Crippen molar-refractivity contribution in [3.8, 4) is 0 Å². The quantitative estimate of drug-likeness (QED) is 0.557. The van der Waals surface area contributed by atoms with Gasteiger partial charge in [-0.3, -0.25) is 19.8 Å². The van der Waals surface area contributed by atoms with Gasteiger partial charge in [-0.25, -0.2) is 4.79 Å². The van der Waals surface area contributed by atoms with Crippen LogP contribution in [0.1, 0.15) is 39.0 Å². The van der Waals surface area contributed by atoms with Crippen molar-refractivity contribution in [1.82, 2.24) is 15.6 Å². The Balaban J connectivity index is 1.76. The average Bonchev–Trinajstić information content (AvgIpc) is 2.65. The van der Waals surface area contributed by atoms with Gasteiger partial charge in [-0.2, -0.15) is 0 Å². The first kappa shape index (κ1) is 18.0. The molecule has 0 aromatic heterocycles. The van der Waals surface area contributed by atoms with Gasteiger partial charge in [0.05, 0.1) is 5.69 Å². The standard InChI is InChI=1S/C19H24N4O3/c1-2-15(22-21-13-9-5-3-6-10-13)16-17(24)20-19(26)23(18(16)25)14-11-7-4-8-12-14/h2-3,5-6,9-10,14,16,21-22H,4,7-8,11-12H2,1H3,(H,20,24,26)/b15-2-/t16-/m0/s1. The predicted octanol–water partition coefficient (Wildman–Crippen LogP) is 2.53. The van der Waals surface area contributed by atoms with E-state index in [4.69, 9.17) is 0 Å². The molecule has 1 atom stereocenters. The van der Waals surface area contributed by atoms with E-state index in [1.807, 2.05) is 30.3 Å². The third-order valence-electron chi connectivity index (χ3n) is 4.88. The Morgan fingerprint density at radius 2 is 1.81 bits per heavy atom. The lowest BCUT2D eigenvalue weighted by Crippen LogP contribution is -2.62. The first-order chi connectivity index (χ1) is 12.6. The largest absolute Gasteiger partial charge is 0.331 e. The fourth-order valence-electron chi connectivity index (χ4n) is 3.53. The van der Waals surface area contributed by atoms with E-state index in [9.17, 15) is 14.4 Å². The monoisotopic (exact) mass is 356 g/mol. The molecule has 0 unspecified atom stereocenters. The van der Waals surface area contributed by atoms with E-state index in [0.29, 0.717) is 5.70 Å². The molecule has 1 aromatic rings. The topological polar surface area (TPSA) is 90.5 Å². The molecule has 1 heterocycles. The Labute approximate surface area is 152 Å². The summed E-state index contributed by atoms with van der Waals surface area (Å²) in [4.78, 5) is 38.9. The number of hydrogen-bond acceptors (Lipinski definition) is 5. The van der Waals surface area contributed by atoms with E-state index < -0.39 is 23.8 Å². The number of hydrogen-bond donors (Lipinski definition) is 3. The molecule has 7 heteroatoms. The zero-order chi connectivity index (χ0) is 18.5. The maximum atomic E-state index is 13.0. The summed E-state index contributed by atoms with van der Waals surface area (Å²) >= 11 is 0. The third-order valence-corrected chi connectivity index (χ3v) is 4.88. The van der Waals surface area contributed by atoms with Gasteiger partial charge in [0.15, 0.2) is 5.92 Å². The van der Waals surface area contributed by atoms with Gasteiger partial charge in [0, 0.05) is 11.7 Å². The minimum atomic E-state index is -1.06. The molecule has 4 amide bonds. The summed E-state index contributed by atoms with van der Waals surface area (Å²) in [6.45, 7) is 1.75. The molecule has 138 valence electrons. The highest BCUT2D eigenvalue weighted by atomic mass is 16.2. The minimum Gasteiger partial charge on any atom is -0.304 e. The van der Waals surface area contributed by atoms with Crippen LogP contribution in [0.4, 0.5) is 10.5 Å². The predicted molar refractivity (Wildman–Crippen MR) is 97.7 cm³/mol. The van der Waals surface area contributed by atoms with Gasteiger partial charge in [-0.1, -0.05) is 43.5 Å². The van der Waals surface area contributed by atoms with Crippen LogP contribution in [-0.4, -0.2) is 28.8 Å². The highest BCUT2D eigenvalue weighted by Crippen LogP contribution is 2.27. The smallest absolute Gasteiger partial charge is 0.304 e. The number of nitrogens with one attached hydrogen (secondary N) is 3. The fourth-order valence-corrected chi connectivity index (χ4v) is 3.53. The summed E-state index contributed by atoms with van der Waals surface area (Å²) in [5.74, 6) is -2.11. The molecular formula is C19H24N4O3. The van der Waals surface area contributed by atoms with E-state index in [2.05, 4.69) is 16.2 Å². The van der Waals surface area contributed by atoms with Gasteiger partial charge in [-0.05, 0) is 31.9 Å². The van der Waals surface area contributed by atoms with E-state index in [-0.39, 0.29) is 6.04 Å². The summed E-state index contributed by atoms with van der Waals surface area (Å²) in [5.41, 5.74) is 7.15. The van der Waals surface area contributed by atoms with Gasteiger partial charge >= 0.3 is 6.03 Å². The van der Waals surface area contributed by atoms with Crippen molar-refractivity contribution in [2.45, 2.75) is 45.1 Å². The van der Waals surface area contributed by atoms with Gasteiger partial charge < -0.3 is 10.9 Å². The third kappa shape index (κ3) is 3.71. The molecule has 0 radical (unpaired) electrons. The van der Waals surface area contributed by atoms with Crippen molar-refractivity contribution in [3.05, 3.63) is 42.1 Å². The van der Waals surface area contributed by atoms with E-state index >= 15 is 0 Å². The van der Waals surface area contributed by atoms with Crippen molar-refractivity contribution in [2.75, 3.05) is 5.43 Å². The van der Waals surface area contributed by atoms with Gasteiger partial charge in [0.2, 0.25) is 11.8 Å². The summed E-state index contributed by atoms with van der Waals surface area (Å²) in [6.07, 6.45) is 6.36. The van der Waals surface area contributed by atoms with Crippen LogP contribution in [0, 0.1) is 5.92 Å². The molecule has 1 aromatic carbocycles. The number of urea groups is 1. The molecule has 3 rings (SSSR count). The van der Waals surface area contributed by atoms with Crippen LogP contribution in [0.2, 0.25) is 0 Å². The summed E-state index contributed by atoms with van der Waals surface area (Å²) in [7, 11) is 0. The molecule has 2 aliphatic rings. The molecule has 0 spiro atoms. The number of amides is 4. The van der Waals surface area contributed by atoms with Crippen molar-refractivity contribution >= 4 is 23.5 Å². The second-order valence-corrected chi connectivity index (χ2v) is 6.59. The number of rotatable bonds is 5. The number of para-hydroxylation sites is 1. The molecule has 1 saturated heterocycles. The van der Waals surface area contributed by atoms with Crippen molar-refractivity contribution < 1.29 is 14.4 Å². The van der Waals surface area contributed by atoms with Crippen LogP contribution >= 0.6 is 0 Å². The maximum absolute atomic E-state index is 13.0. The minimum absolute atomic E-state index is 0.132. The zero-order valence-electron chi connectivity index (χ0n) is 14.8. The molecule has 1 saturated carbocycles. The lowest BCUT2D eigenvalue weighted by atomic mass is 9.91. The molecule has 2 fully saturated rings. The number of allylic oxidation sites excluding steroid dienone is 1. The Morgan fingerprint density at radius 3 is 2.46 bits per heavy atom. The molecule has 7 nitrogen and oxygen atoms in total. The van der Waals surface area contributed by atoms with Gasteiger partial charge in [0.1, 0.15) is 0 Å². The Kier molecular flexibility index (Phi) is 5.55. The van der Waals surface area contributed by atoms with Gasteiger partial charge in [-0.15, -0.1) is 0 Å². The average molecular weight is 356 g/mol. The Hall–Kier alpha value is -2.83. The summed E-state index contributed by atoms with van der Waals surface area (Å²) < 4.78 is 0. The van der Waals surface area contributed by atoms with Crippen LogP contribution in [-0.2, 0) is 9.59 Å². The molecular weight excluding hydrogens is 332 g/mol.